The number of fused-ring (bicyclic) bond motifs is 2. The van der Waals surface area contributed by atoms with E-state index in [1.54, 1.807) is 13.1 Å². The molecule has 3 atom stereocenters. The van der Waals surface area contributed by atoms with E-state index in [0.29, 0.717) is 30.2 Å². The topological polar surface area (TPSA) is 84.7 Å². The van der Waals surface area contributed by atoms with Gasteiger partial charge >= 0.3 is 0 Å². The molecule has 2 aliphatic heterocycles. The number of hydrogen-bond donors (Lipinski definition) is 1. The summed E-state index contributed by atoms with van der Waals surface area (Å²) in [6.45, 7) is 0.849. The smallest absolute Gasteiger partial charge is 0.256 e. The molecular weight excluding hydrogens is 406 g/mol. The minimum atomic E-state index is -1.33. The van der Waals surface area contributed by atoms with Gasteiger partial charge in [-0.05, 0) is 36.4 Å². The molecule has 2 aliphatic rings. The molecule has 7 heteroatoms. The average Bonchev–Trinajstić information content (AvgIpc) is 3.28. The van der Waals surface area contributed by atoms with Gasteiger partial charge in [0.2, 0.25) is 0 Å². The molecule has 7 nitrogen and oxygen atoms in total. The van der Waals surface area contributed by atoms with Gasteiger partial charge in [0, 0.05) is 22.7 Å². The SMILES string of the molecule is CN1C[C@H](c2ccc(OCc3ccccc3)cc2)[C@@H]([N+](=O)[O-])[C@@]12C(=O)Nc1ccccc12. The Hall–Kier alpha value is -3.71. The zero-order valence-electron chi connectivity index (χ0n) is 17.6. The number of carbonyl (C=O) groups is 1. The van der Waals surface area contributed by atoms with E-state index >= 15 is 0 Å². The van der Waals surface area contributed by atoms with Crippen molar-refractivity contribution in [1.29, 1.82) is 0 Å². The summed E-state index contributed by atoms with van der Waals surface area (Å²) < 4.78 is 5.85. The van der Waals surface area contributed by atoms with Crippen LogP contribution in [-0.2, 0) is 16.9 Å². The summed E-state index contributed by atoms with van der Waals surface area (Å²) in [5.74, 6) is -0.0800. The molecular formula is C25H23N3O4. The quantitative estimate of drug-likeness (QED) is 0.493. The summed E-state index contributed by atoms with van der Waals surface area (Å²) >= 11 is 0. The van der Waals surface area contributed by atoms with Gasteiger partial charge in [-0.1, -0.05) is 60.7 Å². The predicted molar refractivity (Wildman–Crippen MR) is 120 cm³/mol. The van der Waals surface area contributed by atoms with Crippen molar-refractivity contribution in [2.24, 2.45) is 0 Å². The van der Waals surface area contributed by atoms with E-state index in [2.05, 4.69) is 5.32 Å². The maximum absolute atomic E-state index is 13.2. The molecule has 3 aromatic rings. The van der Waals surface area contributed by atoms with Gasteiger partial charge in [-0.3, -0.25) is 19.8 Å². The van der Waals surface area contributed by atoms with Crippen LogP contribution >= 0.6 is 0 Å². The number of ether oxygens (including phenoxy) is 1. The van der Waals surface area contributed by atoms with Gasteiger partial charge < -0.3 is 10.1 Å². The minimum absolute atomic E-state index is 0.296. The van der Waals surface area contributed by atoms with Gasteiger partial charge in [-0.25, -0.2) is 0 Å². The van der Waals surface area contributed by atoms with Crippen molar-refractivity contribution in [2.75, 3.05) is 18.9 Å². The van der Waals surface area contributed by atoms with Crippen molar-refractivity contribution in [1.82, 2.24) is 4.90 Å². The standard InChI is InChI=1S/C25H23N3O4/c1-27-15-20(18-11-13-19(14-12-18)32-16-17-7-3-2-4-8-17)23(28(30)31)25(27)21-9-5-6-10-22(21)26-24(25)29/h2-14,20,23H,15-16H2,1H3,(H,26,29)/t20-,23-,25+/m1/s1. The summed E-state index contributed by atoms with van der Waals surface area (Å²) in [5.41, 5.74) is 1.86. The third-order valence-corrected chi connectivity index (χ3v) is 6.60. The maximum Gasteiger partial charge on any atom is 0.256 e. The van der Waals surface area contributed by atoms with Gasteiger partial charge in [0.25, 0.3) is 11.9 Å². The molecule has 32 heavy (non-hydrogen) atoms. The van der Waals surface area contributed by atoms with Crippen LogP contribution in [0.5, 0.6) is 5.75 Å². The highest BCUT2D eigenvalue weighted by atomic mass is 16.6. The van der Waals surface area contributed by atoms with Crippen molar-refractivity contribution in [2.45, 2.75) is 24.1 Å². The maximum atomic E-state index is 13.2. The summed E-state index contributed by atoms with van der Waals surface area (Å²) in [6, 6.07) is 23.4. The van der Waals surface area contributed by atoms with Crippen LogP contribution in [0.4, 0.5) is 5.69 Å². The molecule has 3 aromatic carbocycles. The number of likely N-dealkylation sites (N-methyl/N-ethyl adjacent to an activating group) is 1. The number of para-hydroxylation sites is 1. The molecule has 1 N–H and O–H groups in total. The van der Waals surface area contributed by atoms with E-state index in [4.69, 9.17) is 4.74 Å². The molecule has 1 spiro atoms. The number of benzene rings is 3. The molecule has 0 unspecified atom stereocenters. The third-order valence-electron chi connectivity index (χ3n) is 6.60. The molecule has 0 saturated carbocycles. The van der Waals surface area contributed by atoms with Crippen LogP contribution in [0.3, 0.4) is 0 Å². The molecule has 0 aliphatic carbocycles. The number of nitro groups is 1. The Morgan fingerprint density at radius 3 is 2.47 bits per heavy atom. The van der Waals surface area contributed by atoms with Gasteiger partial charge in [0.15, 0.2) is 5.54 Å². The number of likely N-dealkylation sites (tertiary alicyclic amines) is 1. The van der Waals surface area contributed by atoms with Crippen molar-refractivity contribution in [3.63, 3.8) is 0 Å². The lowest BCUT2D eigenvalue weighted by Gasteiger charge is -2.30. The highest BCUT2D eigenvalue weighted by Gasteiger charge is 2.68. The fourth-order valence-corrected chi connectivity index (χ4v) is 5.13. The van der Waals surface area contributed by atoms with Crippen molar-refractivity contribution in [3.8, 4) is 5.75 Å². The second-order valence-electron chi connectivity index (χ2n) is 8.33. The summed E-state index contributed by atoms with van der Waals surface area (Å²) in [4.78, 5) is 27.0. The number of rotatable bonds is 5. The first kappa shape index (κ1) is 20.2. The first-order valence-corrected chi connectivity index (χ1v) is 10.5. The van der Waals surface area contributed by atoms with Crippen molar-refractivity contribution in [3.05, 3.63) is 106 Å². The van der Waals surface area contributed by atoms with Crippen LogP contribution in [0.15, 0.2) is 78.9 Å². The zero-order chi connectivity index (χ0) is 22.3. The minimum Gasteiger partial charge on any atom is -0.489 e. The normalized spacial score (nSPS) is 24.3. The van der Waals surface area contributed by atoms with Crippen LogP contribution in [-0.4, -0.2) is 35.4 Å². The lowest BCUT2D eigenvalue weighted by atomic mass is 9.79. The second kappa shape index (κ2) is 7.76. The van der Waals surface area contributed by atoms with Crippen LogP contribution in [0, 0.1) is 10.1 Å². The summed E-state index contributed by atoms with van der Waals surface area (Å²) in [5, 5.41) is 15.2. The van der Waals surface area contributed by atoms with E-state index in [1.165, 1.54) is 0 Å². The van der Waals surface area contributed by atoms with E-state index in [1.807, 2.05) is 77.7 Å². The Balaban J connectivity index is 1.44. The summed E-state index contributed by atoms with van der Waals surface area (Å²) in [6.07, 6.45) is 0. The molecule has 2 heterocycles. The van der Waals surface area contributed by atoms with E-state index in [9.17, 15) is 14.9 Å². The van der Waals surface area contributed by atoms with Gasteiger partial charge in [0.1, 0.15) is 12.4 Å². The number of amides is 1. The monoisotopic (exact) mass is 429 g/mol. The van der Waals surface area contributed by atoms with E-state index in [0.717, 1.165) is 11.1 Å². The first-order valence-electron chi connectivity index (χ1n) is 10.5. The Kier molecular flexibility index (Phi) is 4.90. The number of hydrogen-bond acceptors (Lipinski definition) is 5. The van der Waals surface area contributed by atoms with E-state index in [-0.39, 0.29) is 10.8 Å². The van der Waals surface area contributed by atoms with Gasteiger partial charge in [-0.15, -0.1) is 0 Å². The fraction of sp³-hybridized carbons (Fsp3) is 0.240. The molecule has 0 aromatic heterocycles. The van der Waals surface area contributed by atoms with Gasteiger partial charge in [-0.2, -0.15) is 0 Å². The fourth-order valence-electron chi connectivity index (χ4n) is 5.13. The second-order valence-corrected chi connectivity index (χ2v) is 8.33. The van der Waals surface area contributed by atoms with Crippen molar-refractivity contribution < 1.29 is 14.5 Å². The average molecular weight is 429 g/mol. The highest BCUT2D eigenvalue weighted by molar-refractivity contribution is 6.06. The Labute approximate surface area is 185 Å². The number of nitrogens with zero attached hydrogens (tertiary/aromatic N) is 2. The van der Waals surface area contributed by atoms with Crippen molar-refractivity contribution >= 4 is 11.6 Å². The molecule has 0 radical (unpaired) electrons. The molecule has 5 rings (SSSR count). The number of carbonyl (C=O) groups excluding carboxylic acids is 1. The summed E-state index contributed by atoms with van der Waals surface area (Å²) in [7, 11) is 1.79. The zero-order valence-corrected chi connectivity index (χ0v) is 17.6. The molecule has 1 amide bonds. The number of anilines is 1. The lowest BCUT2D eigenvalue weighted by Crippen LogP contribution is -2.54. The molecule has 0 bridgehead atoms. The van der Waals surface area contributed by atoms with Gasteiger partial charge in [0.05, 0.1) is 5.92 Å². The van der Waals surface area contributed by atoms with E-state index < -0.39 is 17.5 Å². The van der Waals surface area contributed by atoms with Crippen LogP contribution in [0.25, 0.3) is 0 Å². The predicted octanol–water partition coefficient (Wildman–Crippen LogP) is 3.79. The first-order chi connectivity index (χ1) is 15.5. The highest BCUT2D eigenvalue weighted by Crippen LogP contribution is 2.51. The molecule has 1 fully saturated rings. The Morgan fingerprint density at radius 1 is 1.06 bits per heavy atom. The Morgan fingerprint density at radius 2 is 1.75 bits per heavy atom. The number of nitrogens with one attached hydrogen (secondary N) is 1. The largest absolute Gasteiger partial charge is 0.489 e. The lowest BCUT2D eigenvalue weighted by molar-refractivity contribution is -0.534. The molecule has 162 valence electrons. The molecule has 1 saturated heterocycles. The van der Waals surface area contributed by atoms with Crippen LogP contribution in [0.1, 0.15) is 22.6 Å². The van der Waals surface area contributed by atoms with Crippen LogP contribution in [0.2, 0.25) is 0 Å². The Bertz CT molecular complexity index is 1170. The van der Waals surface area contributed by atoms with Crippen LogP contribution < -0.4 is 10.1 Å². The third kappa shape index (κ3) is 3.05.